The number of nitrogens with zero attached hydrogens (tertiary/aromatic N) is 4. The fourth-order valence-electron chi connectivity index (χ4n) is 2.85. The van der Waals surface area contributed by atoms with Gasteiger partial charge in [-0.2, -0.15) is 5.26 Å². The number of rotatable bonds is 2. The van der Waals surface area contributed by atoms with Gasteiger partial charge in [0.05, 0.1) is 12.1 Å². The molecule has 0 bridgehead atoms. The molecule has 0 spiro atoms. The number of hydrogen-bond acceptors (Lipinski definition) is 6. The normalized spacial score (nSPS) is 17.2. The van der Waals surface area contributed by atoms with Crippen molar-refractivity contribution in [3.05, 3.63) is 33.0 Å². The highest BCUT2D eigenvalue weighted by Gasteiger charge is 2.29. The third kappa shape index (κ3) is 2.31. The fraction of sp³-hybridized carbons (Fsp3) is 0.400. The van der Waals surface area contributed by atoms with Gasteiger partial charge in [0.25, 0.3) is 0 Å². The van der Waals surface area contributed by atoms with Crippen LogP contribution in [0.4, 0.5) is 10.8 Å². The van der Waals surface area contributed by atoms with Crippen molar-refractivity contribution in [2.24, 2.45) is 0 Å². The number of halogens is 1. The Morgan fingerprint density at radius 3 is 2.95 bits per heavy atom. The molecule has 2 N–H and O–H groups in total. The van der Waals surface area contributed by atoms with Crippen molar-refractivity contribution < 1.29 is 0 Å². The molecule has 4 rings (SSSR count). The molecule has 1 aliphatic heterocycles. The lowest BCUT2D eigenvalue weighted by atomic mass is 10.0. The zero-order valence-corrected chi connectivity index (χ0v) is 13.4. The van der Waals surface area contributed by atoms with Crippen molar-refractivity contribution in [3.63, 3.8) is 0 Å². The van der Waals surface area contributed by atoms with E-state index in [9.17, 15) is 5.26 Å². The molecule has 112 valence electrons. The molecule has 0 radical (unpaired) electrons. The van der Waals surface area contributed by atoms with Crippen LogP contribution in [0.3, 0.4) is 0 Å². The summed E-state index contributed by atoms with van der Waals surface area (Å²) in [6.07, 6.45) is 3.11. The highest BCUT2D eigenvalue weighted by Crippen LogP contribution is 2.40. The molecule has 22 heavy (non-hydrogen) atoms. The zero-order valence-electron chi connectivity index (χ0n) is 11.8. The predicted molar refractivity (Wildman–Crippen MR) is 87.2 cm³/mol. The predicted octanol–water partition coefficient (Wildman–Crippen LogP) is 3.09. The van der Waals surface area contributed by atoms with Gasteiger partial charge in [0.15, 0.2) is 0 Å². The van der Waals surface area contributed by atoms with Gasteiger partial charge in [-0.05, 0) is 24.8 Å². The van der Waals surface area contributed by atoms with E-state index in [1.54, 1.807) is 0 Å². The first-order chi connectivity index (χ1) is 10.7. The Kier molecular flexibility index (Phi) is 3.21. The first kappa shape index (κ1) is 13.8. The van der Waals surface area contributed by atoms with Gasteiger partial charge < -0.3 is 10.6 Å². The van der Waals surface area contributed by atoms with Crippen LogP contribution in [0.15, 0.2) is 6.07 Å². The molecule has 0 amide bonds. The van der Waals surface area contributed by atoms with Crippen LogP contribution in [-0.4, -0.2) is 16.5 Å². The van der Waals surface area contributed by atoms with Crippen LogP contribution in [0.5, 0.6) is 0 Å². The van der Waals surface area contributed by atoms with Gasteiger partial charge in [0.1, 0.15) is 27.9 Å². The average Bonchev–Trinajstić information content (AvgIpc) is 3.29. The topological polar surface area (TPSA) is 78.8 Å². The molecule has 0 unspecified atom stereocenters. The molecular formula is C15H14ClN5S. The molecule has 7 heteroatoms. The van der Waals surface area contributed by atoms with Crippen LogP contribution in [0.25, 0.3) is 0 Å². The van der Waals surface area contributed by atoms with E-state index >= 15 is 0 Å². The van der Waals surface area contributed by atoms with E-state index in [1.165, 1.54) is 11.3 Å². The van der Waals surface area contributed by atoms with Gasteiger partial charge in [0, 0.05) is 23.4 Å². The molecule has 2 aromatic rings. The van der Waals surface area contributed by atoms with Crippen molar-refractivity contribution in [3.8, 4) is 6.07 Å². The molecule has 0 atom stereocenters. The summed E-state index contributed by atoms with van der Waals surface area (Å²) in [6, 6.07) is 4.04. The molecule has 5 nitrogen and oxygen atoms in total. The second-order valence-electron chi connectivity index (χ2n) is 5.71. The number of fused-ring (bicyclic) bond motifs is 1. The van der Waals surface area contributed by atoms with Crippen LogP contribution >= 0.6 is 22.9 Å². The Balaban J connectivity index is 1.66. The van der Waals surface area contributed by atoms with Crippen molar-refractivity contribution >= 4 is 33.8 Å². The second kappa shape index (κ2) is 5.11. The van der Waals surface area contributed by atoms with E-state index in [0.717, 1.165) is 54.4 Å². The van der Waals surface area contributed by atoms with Gasteiger partial charge in [-0.15, -0.1) is 11.3 Å². The van der Waals surface area contributed by atoms with Gasteiger partial charge in [-0.1, -0.05) is 11.6 Å². The molecule has 1 aliphatic carbocycles. The van der Waals surface area contributed by atoms with Crippen molar-refractivity contribution in [2.75, 3.05) is 17.2 Å². The Bertz CT molecular complexity index is 790. The number of aromatic nitrogens is 2. The Labute approximate surface area is 137 Å². The smallest absolute Gasteiger partial charge is 0.135 e. The summed E-state index contributed by atoms with van der Waals surface area (Å²) in [7, 11) is 0. The molecule has 0 aromatic carbocycles. The minimum Gasteiger partial charge on any atom is -0.389 e. The van der Waals surface area contributed by atoms with Gasteiger partial charge >= 0.3 is 0 Å². The molecule has 1 fully saturated rings. The van der Waals surface area contributed by atoms with E-state index in [-0.39, 0.29) is 0 Å². The summed E-state index contributed by atoms with van der Waals surface area (Å²) < 4.78 is 0. The van der Waals surface area contributed by atoms with E-state index in [4.69, 9.17) is 17.3 Å². The highest BCUT2D eigenvalue weighted by molar-refractivity contribution is 7.16. The van der Waals surface area contributed by atoms with Crippen LogP contribution in [-0.2, 0) is 13.0 Å². The van der Waals surface area contributed by atoms with Crippen LogP contribution in [0, 0.1) is 11.3 Å². The van der Waals surface area contributed by atoms with Crippen LogP contribution in [0.2, 0.25) is 5.15 Å². The molecular weight excluding hydrogens is 318 g/mol. The van der Waals surface area contributed by atoms with Gasteiger partial charge in [-0.3, -0.25) is 0 Å². The second-order valence-corrected chi connectivity index (χ2v) is 7.23. The highest BCUT2D eigenvalue weighted by atomic mass is 35.5. The third-order valence-electron chi connectivity index (χ3n) is 4.16. The first-order valence-electron chi connectivity index (χ1n) is 7.25. The molecule has 2 aliphatic rings. The number of nitrogen functional groups attached to an aromatic ring is 1. The summed E-state index contributed by atoms with van der Waals surface area (Å²) in [5.41, 5.74) is 7.70. The van der Waals surface area contributed by atoms with E-state index in [1.807, 2.05) is 6.07 Å². The minimum absolute atomic E-state index is 0.473. The summed E-state index contributed by atoms with van der Waals surface area (Å²) >= 11 is 7.66. The average molecular weight is 332 g/mol. The lowest BCUT2D eigenvalue weighted by Crippen LogP contribution is -2.30. The van der Waals surface area contributed by atoms with E-state index < -0.39 is 0 Å². The molecule has 2 aromatic heterocycles. The summed E-state index contributed by atoms with van der Waals surface area (Å²) in [4.78, 5) is 12.4. The lowest BCUT2D eigenvalue weighted by molar-refractivity contribution is 0.724. The first-order valence-corrected chi connectivity index (χ1v) is 8.44. The van der Waals surface area contributed by atoms with Crippen molar-refractivity contribution in [1.82, 2.24) is 9.97 Å². The number of hydrogen-bond donors (Lipinski definition) is 1. The molecule has 1 saturated carbocycles. The van der Waals surface area contributed by atoms with E-state index in [0.29, 0.717) is 21.6 Å². The standard InChI is InChI=1S/C15H14ClN5S/c16-12-5-13(20-15(19-12)8-1-2-8)21-4-3-9-10(6-17)14(18)22-11(9)7-21/h5,8H,1-4,7,18H2. The Morgan fingerprint density at radius 1 is 1.41 bits per heavy atom. The number of nitriles is 1. The summed E-state index contributed by atoms with van der Waals surface area (Å²) in [5.74, 6) is 2.20. The van der Waals surface area contributed by atoms with Crippen LogP contribution < -0.4 is 10.6 Å². The van der Waals surface area contributed by atoms with Crippen LogP contribution in [0.1, 0.15) is 40.6 Å². The van der Waals surface area contributed by atoms with E-state index in [2.05, 4.69) is 20.9 Å². The number of thiophene rings is 1. The SMILES string of the molecule is N#Cc1c(N)sc2c1CCN(c1cc(Cl)nc(C3CC3)n1)C2. The Hall–Kier alpha value is -1.84. The maximum absolute atomic E-state index is 9.21. The van der Waals surface area contributed by atoms with Crippen molar-refractivity contribution in [1.29, 1.82) is 5.26 Å². The number of anilines is 2. The molecule has 0 saturated heterocycles. The lowest BCUT2D eigenvalue weighted by Gasteiger charge is -2.28. The quantitative estimate of drug-likeness (QED) is 0.855. The largest absolute Gasteiger partial charge is 0.389 e. The number of nitrogens with two attached hydrogens (primary N) is 1. The minimum atomic E-state index is 0.473. The molecule has 3 heterocycles. The zero-order chi connectivity index (χ0) is 15.3. The Morgan fingerprint density at radius 2 is 2.23 bits per heavy atom. The van der Waals surface area contributed by atoms with Gasteiger partial charge in [-0.25, -0.2) is 9.97 Å². The maximum Gasteiger partial charge on any atom is 0.135 e. The van der Waals surface area contributed by atoms with Gasteiger partial charge in [0.2, 0.25) is 0 Å². The summed E-state index contributed by atoms with van der Waals surface area (Å²) in [6.45, 7) is 1.54. The third-order valence-corrected chi connectivity index (χ3v) is 5.40. The van der Waals surface area contributed by atoms with Crippen molar-refractivity contribution in [2.45, 2.75) is 31.7 Å². The monoisotopic (exact) mass is 331 g/mol. The fourth-order valence-corrected chi connectivity index (χ4v) is 4.12. The summed E-state index contributed by atoms with van der Waals surface area (Å²) in [5, 5.41) is 10.3. The maximum atomic E-state index is 9.21.